The van der Waals surface area contributed by atoms with E-state index in [9.17, 15) is 15.0 Å². The van der Waals surface area contributed by atoms with Crippen LogP contribution in [0.25, 0.3) is 10.8 Å². The van der Waals surface area contributed by atoms with Crippen LogP contribution in [-0.2, 0) is 4.79 Å². The van der Waals surface area contributed by atoms with Gasteiger partial charge in [0.25, 0.3) is 0 Å². The molecule has 1 fully saturated rings. The largest absolute Gasteiger partial charge is 0.481 e. The number of aliphatic carboxylic acids is 1. The van der Waals surface area contributed by atoms with E-state index in [2.05, 4.69) is 0 Å². The molecule has 0 radical (unpaired) electrons. The Kier molecular flexibility index (Phi) is 3.93. The van der Waals surface area contributed by atoms with Crippen LogP contribution in [0.4, 0.5) is 0 Å². The van der Waals surface area contributed by atoms with Gasteiger partial charge in [-0.2, -0.15) is 0 Å². The molecule has 0 bridgehead atoms. The van der Waals surface area contributed by atoms with Gasteiger partial charge in [-0.1, -0.05) is 55.3 Å². The molecule has 0 spiro atoms. The molecule has 3 heteroatoms. The quantitative estimate of drug-likeness (QED) is 0.902. The SMILES string of the molecule is O=C(O)C1CCCCC1C(O)c1cccc2ccccc12. The molecule has 110 valence electrons. The molecule has 3 atom stereocenters. The molecule has 0 aliphatic heterocycles. The van der Waals surface area contributed by atoms with E-state index in [4.69, 9.17) is 0 Å². The van der Waals surface area contributed by atoms with Gasteiger partial charge in [-0.05, 0) is 29.2 Å². The van der Waals surface area contributed by atoms with E-state index in [-0.39, 0.29) is 5.92 Å². The maximum absolute atomic E-state index is 11.5. The number of aliphatic hydroxyl groups is 1. The number of benzene rings is 2. The van der Waals surface area contributed by atoms with Crippen LogP contribution < -0.4 is 0 Å². The van der Waals surface area contributed by atoms with Crippen LogP contribution in [-0.4, -0.2) is 16.2 Å². The molecule has 1 saturated carbocycles. The summed E-state index contributed by atoms with van der Waals surface area (Å²) in [5.74, 6) is -1.41. The molecule has 21 heavy (non-hydrogen) atoms. The fraction of sp³-hybridized carbons (Fsp3) is 0.389. The first-order chi connectivity index (χ1) is 10.2. The molecule has 0 aromatic heterocycles. The average molecular weight is 284 g/mol. The zero-order valence-corrected chi connectivity index (χ0v) is 11.9. The van der Waals surface area contributed by atoms with Crippen molar-refractivity contribution < 1.29 is 15.0 Å². The van der Waals surface area contributed by atoms with Crippen molar-refractivity contribution in [2.75, 3.05) is 0 Å². The third kappa shape index (κ3) is 2.66. The molecule has 2 N–H and O–H groups in total. The van der Waals surface area contributed by atoms with Crippen LogP contribution in [0.3, 0.4) is 0 Å². The first-order valence-corrected chi connectivity index (χ1v) is 7.57. The van der Waals surface area contributed by atoms with Crippen molar-refractivity contribution in [1.29, 1.82) is 0 Å². The van der Waals surface area contributed by atoms with Gasteiger partial charge < -0.3 is 10.2 Å². The van der Waals surface area contributed by atoms with Gasteiger partial charge in [0.15, 0.2) is 0 Å². The summed E-state index contributed by atoms with van der Waals surface area (Å²) in [6.07, 6.45) is 2.67. The summed E-state index contributed by atoms with van der Waals surface area (Å²) in [6, 6.07) is 13.8. The minimum absolute atomic E-state index is 0.193. The van der Waals surface area contributed by atoms with Crippen molar-refractivity contribution in [2.45, 2.75) is 31.8 Å². The summed E-state index contributed by atoms with van der Waals surface area (Å²) in [5, 5.41) is 22.3. The Morgan fingerprint density at radius 3 is 2.57 bits per heavy atom. The van der Waals surface area contributed by atoms with Crippen molar-refractivity contribution in [2.24, 2.45) is 11.8 Å². The van der Waals surface area contributed by atoms with Crippen molar-refractivity contribution >= 4 is 16.7 Å². The number of rotatable bonds is 3. The monoisotopic (exact) mass is 284 g/mol. The fourth-order valence-electron chi connectivity index (χ4n) is 3.58. The van der Waals surface area contributed by atoms with Crippen molar-refractivity contribution in [3.8, 4) is 0 Å². The molecule has 2 aromatic rings. The number of aliphatic hydroxyl groups excluding tert-OH is 1. The normalized spacial score (nSPS) is 23.9. The topological polar surface area (TPSA) is 57.5 Å². The second-order valence-electron chi connectivity index (χ2n) is 5.91. The lowest BCUT2D eigenvalue weighted by Gasteiger charge is -2.32. The zero-order valence-electron chi connectivity index (χ0n) is 11.9. The zero-order chi connectivity index (χ0) is 14.8. The lowest BCUT2D eigenvalue weighted by molar-refractivity contribution is -0.147. The predicted octanol–water partition coefficient (Wildman–Crippen LogP) is 3.76. The number of hydrogen-bond donors (Lipinski definition) is 2. The summed E-state index contributed by atoms with van der Waals surface area (Å²) >= 11 is 0. The summed E-state index contributed by atoms with van der Waals surface area (Å²) in [6.45, 7) is 0. The molecule has 1 aliphatic carbocycles. The van der Waals surface area contributed by atoms with Crippen molar-refractivity contribution in [3.05, 3.63) is 48.0 Å². The molecular formula is C18H20O3. The number of hydrogen-bond acceptors (Lipinski definition) is 2. The number of carboxylic acid groups (broad SMARTS) is 1. The van der Waals surface area contributed by atoms with E-state index in [0.29, 0.717) is 6.42 Å². The maximum atomic E-state index is 11.5. The van der Waals surface area contributed by atoms with Crippen LogP contribution in [0, 0.1) is 11.8 Å². The third-order valence-corrected chi connectivity index (χ3v) is 4.68. The Hall–Kier alpha value is -1.87. The highest BCUT2D eigenvalue weighted by molar-refractivity contribution is 5.86. The van der Waals surface area contributed by atoms with Crippen molar-refractivity contribution in [3.63, 3.8) is 0 Å². The van der Waals surface area contributed by atoms with E-state index in [1.165, 1.54) is 0 Å². The Balaban J connectivity index is 1.99. The van der Waals surface area contributed by atoms with Gasteiger partial charge in [-0.15, -0.1) is 0 Å². The van der Waals surface area contributed by atoms with Crippen molar-refractivity contribution in [1.82, 2.24) is 0 Å². The van der Waals surface area contributed by atoms with Gasteiger partial charge in [0.05, 0.1) is 12.0 Å². The van der Waals surface area contributed by atoms with Crippen LogP contribution >= 0.6 is 0 Å². The highest BCUT2D eigenvalue weighted by atomic mass is 16.4. The highest BCUT2D eigenvalue weighted by Gasteiger charge is 2.36. The van der Waals surface area contributed by atoms with Gasteiger partial charge >= 0.3 is 5.97 Å². The van der Waals surface area contributed by atoms with Gasteiger partial charge in [0.2, 0.25) is 0 Å². The maximum Gasteiger partial charge on any atom is 0.306 e. The lowest BCUT2D eigenvalue weighted by atomic mass is 9.74. The van der Waals surface area contributed by atoms with E-state index >= 15 is 0 Å². The van der Waals surface area contributed by atoms with Crippen LogP contribution in [0.15, 0.2) is 42.5 Å². The average Bonchev–Trinajstić information content (AvgIpc) is 2.53. The van der Waals surface area contributed by atoms with E-state index in [1.807, 2.05) is 42.5 Å². The Morgan fingerprint density at radius 2 is 1.76 bits per heavy atom. The molecule has 0 saturated heterocycles. The predicted molar refractivity (Wildman–Crippen MR) is 82.0 cm³/mol. The van der Waals surface area contributed by atoms with Crippen LogP contribution in [0.1, 0.15) is 37.4 Å². The summed E-state index contributed by atoms with van der Waals surface area (Å²) in [5.41, 5.74) is 0.853. The number of carbonyl (C=O) groups is 1. The van der Waals surface area contributed by atoms with E-state index in [0.717, 1.165) is 35.6 Å². The standard InChI is InChI=1S/C18H20O3/c19-17(15-9-3-4-10-16(15)18(20)21)14-11-5-7-12-6-1-2-8-13(12)14/h1-2,5-8,11,15-17,19H,3-4,9-10H2,(H,20,21). The first kappa shape index (κ1) is 14.1. The first-order valence-electron chi connectivity index (χ1n) is 7.57. The minimum Gasteiger partial charge on any atom is -0.481 e. The van der Waals surface area contributed by atoms with Gasteiger partial charge in [-0.3, -0.25) is 4.79 Å². The molecule has 0 heterocycles. The Bertz CT molecular complexity index is 644. The molecule has 3 unspecified atom stereocenters. The molecule has 3 nitrogen and oxygen atoms in total. The molecule has 0 amide bonds. The fourth-order valence-corrected chi connectivity index (χ4v) is 3.58. The minimum atomic E-state index is -0.779. The lowest BCUT2D eigenvalue weighted by Crippen LogP contribution is -2.31. The number of fused-ring (bicyclic) bond motifs is 1. The molecule has 2 aromatic carbocycles. The Morgan fingerprint density at radius 1 is 1.05 bits per heavy atom. The summed E-state index contributed by atoms with van der Waals surface area (Å²) in [4.78, 5) is 11.5. The molecule has 3 rings (SSSR count). The van der Waals surface area contributed by atoms with Gasteiger partial charge in [0.1, 0.15) is 0 Å². The van der Waals surface area contributed by atoms with E-state index in [1.54, 1.807) is 0 Å². The molecule has 1 aliphatic rings. The smallest absolute Gasteiger partial charge is 0.306 e. The second-order valence-corrected chi connectivity index (χ2v) is 5.91. The van der Waals surface area contributed by atoms with Gasteiger partial charge in [-0.25, -0.2) is 0 Å². The highest BCUT2D eigenvalue weighted by Crippen LogP contribution is 2.40. The Labute approximate surface area is 124 Å². The third-order valence-electron chi connectivity index (χ3n) is 4.68. The van der Waals surface area contributed by atoms with Crippen LogP contribution in [0.5, 0.6) is 0 Å². The second kappa shape index (κ2) is 5.86. The number of carboxylic acids is 1. The van der Waals surface area contributed by atoms with Gasteiger partial charge in [0, 0.05) is 5.92 Å². The van der Waals surface area contributed by atoms with Crippen LogP contribution in [0.2, 0.25) is 0 Å². The summed E-state index contributed by atoms with van der Waals surface area (Å²) < 4.78 is 0. The van der Waals surface area contributed by atoms with E-state index < -0.39 is 18.0 Å². The summed E-state index contributed by atoms with van der Waals surface area (Å²) in [7, 11) is 0. The molecular weight excluding hydrogens is 264 g/mol.